The summed E-state index contributed by atoms with van der Waals surface area (Å²) < 4.78 is 10.5. The van der Waals surface area contributed by atoms with Crippen LogP contribution in [0.1, 0.15) is 23.1 Å². The van der Waals surface area contributed by atoms with E-state index in [1.165, 1.54) is 0 Å². The number of carboxylic acids is 1. The van der Waals surface area contributed by atoms with Crippen molar-refractivity contribution < 1.29 is 24.5 Å². The minimum absolute atomic E-state index is 0.135. The van der Waals surface area contributed by atoms with Crippen LogP contribution in [-0.2, 0) is 4.79 Å². The monoisotopic (exact) mass is 286 g/mol. The molecule has 0 spiro atoms. The Labute approximate surface area is 121 Å². The zero-order chi connectivity index (χ0) is 14.8. The van der Waals surface area contributed by atoms with Gasteiger partial charge in [-0.2, -0.15) is 0 Å². The van der Waals surface area contributed by atoms with Gasteiger partial charge in [0.2, 0.25) is 6.79 Å². The third-order valence-corrected chi connectivity index (χ3v) is 3.48. The molecular weight excluding hydrogens is 272 g/mol. The van der Waals surface area contributed by atoms with Crippen LogP contribution in [0.2, 0.25) is 0 Å². The maximum atomic E-state index is 11.5. The summed E-state index contributed by atoms with van der Waals surface area (Å²) in [5.41, 5.74) is 1.03. The van der Waals surface area contributed by atoms with Gasteiger partial charge in [-0.1, -0.05) is 36.4 Å². The van der Waals surface area contributed by atoms with E-state index in [0.29, 0.717) is 22.6 Å². The van der Waals surface area contributed by atoms with Gasteiger partial charge in [-0.15, -0.1) is 0 Å². The predicted molar refractivity (Wildman–Crippen MR) is 74.3 cm³/mol. The van der Waals surface area contributed by atoms with E-state index in [-0.39, 0.29) is 6.79 Å². The molecule has 0 unspecified atom stereocenters. The van der Waals surface area contributed by atoms with E-state index in [1.54, 1.807) is 48.5 Å². The molecule has 3 rings (SSSR count). The van der Waals surface area contributed by atoms with Gasteiger partial charge in [-0.05, 0) is 23.3 Å². The second-order valence-electron chi connectivity index (χ2n) is 4.78. The van der Waals surface area contributed by atoms with Crippen molar-refractivity contribution in [3.05, 3.63) is 59.7 Å². The smallest absolute Gasteiger partial charge is 0.314 e. The molecule has 0 saturated carbocycles. The highest BCUT2D eigenvalue weighted by molar-refractivity contribution is 5.77. The number of ether oxygens (including phenoxy) is 2. The fourth-order valence-electron chi connectivity index (χ4n) is 2.41. The minimum atomic E-state index is -1.17. The topological polar surface area (TPSA) is 76.0 Å². The molecule has 0 amide bonds. The van der Waals surface area contributed by atoms with Gasteiger partial charge in [-0.3, -0.25) is 4.79 Å². The third-order valence-electron chi connectivity index (χ3n) is 3.48. The molecule has 0 radical (unpaired) electrons. The molecule has 1 aliphatic heterocycles. The SMILES string of the molecule is O=C(O)[C@H](c1ccccc1)[C@H](O)c1ccc2c(c1)OCO2. The molecule has 5 nitrogen and oxygen atoms in total. The summed E-state index contributed by atoms with van der Waals surface area (Å²) in [6.07, 6.45) is -1.17. The Morgan fingerprint density at radius 1 is 1.00 bits per heavy atom. The van der Waals surface area contributed by atoms with Crippen LogP contribution in [0.25, 0.3) is 0 Å². The minimum Gasteiger partial charge on any atom is -0.481 e. The fourth-order valence-corrected chi connectivity index (χ4v) is 2.41. The van der Waals surface area contributed by atoms with Crippen LogP contribution in [0, 0.1) is 0 Å². The van der Waals surface area contributed by atoms with Crippen molar-refractivity contribution >= 4 is 5.97 Å². The van der Waals surface area contributed by atoms with E-state index >= 15 is 0 Å². The molecule has 1 heterocycles. The number of rotatable bonds is 4. The Bertz CT molecular complexity index is 653. The van der Waals surface area contributed by atoms with Crippen molar-refractivity contribution in [3.63, 3.8) is 0 Å². The quantitative estimate of drug-likeness (QED) is 0.902. The number of aliphatic hydroxyl groups is 1. The van der Waals surface area contributed by atoms with Crippen molar-refractivity contribution in [2.24, 2.45) is 0 Å². The molecule has 0 aliphatic carbocycles. The summed E-state index contributed by atoms with van der Waals surface area (Å²) >= 11 is 0. The third kappa shape index (κ3) is 2.55. The first kappa shape index (κ1) is 13.5. The lowest BCUT2D eigenvalue weighted by molar-refractivity contribution is -0.141. The van der Waals surface area contributed by atoms with Gasteiger partial charge >= 0.3 is 5.97 Å². The second kappa shape index (κ2) is 5.46. The van der Waals surface area contributed by atoms with E-state index in [4.69, 9.17) is 9.47 Å². The van der Waals surface area contributed by atoms with Gasteiger partial charge in [-0.25, -0.2) is 0 Å². The van der Waals surface area contributed by atoms with Gasteiger partial charge in [0.25, 0.3) is 0 Å². The first-order chi connectivity index (χ1) is 10.2. The maximum absolute atomic E-state index is 11.5. The summed E-state index contributed by atoms with van der Waals surface area (Å²) in [4.78, 5) is 11.5. The molecule has 0 fully saturated rings. The number of aliphatic hydroxyl groups excluding tert-OH is 1. The highest BCUT2D eigenvalue weighted by Crippen LogP contribution is 2.38. The van der Waals surface area contributed by atoms with Crippen molar-refractivity contribution in [2.45, 2.75) is 12.0 Å². The van der Waals surface area contributed by atoms with Crippen LogP contribution >= 0.6 is 0 Å². The van der Waals surface area contributed by atoms with Gasteiger partial charge in [0.15, 0.2) is 11.5 Å². The average Bonchev–Trinajstić information content (AvgIpc) is 2.95. The molecule has 5 heteroatoms. The summed E-state index contributed by atoms with van der Waals surface area (Å²) in [7, 11) is 0. The number of benzene rings is 2. The van der Waals surface area contributed by atoms with Crippen molar-refractivity contribution in [1.29, 1.82) is 0 Å². The number of hydrogen-bond donors (Lipinski definition) is 2. The largest absolute Gasteiger partial charge is 0.481 e. The highest BCUT2D eigenvalue weighted by Gasteiger charge is 2.30. The normalized spacial score (nSPS) is 15.5. The van der Waals surface area contributed by atoms with Gasteiger partial charge in [0.1, 0.15) is 5.92 Å². The van der Waals surface area contributed by atoms with Gasteiger partial charge in [0.05, 0.1) is 6.10 Å². The van der Waals surface area contributed by atoms with Crippen molar-refractivity contribution in [2.75, 3.05) is 6.79 Å². The Hall–Kier alpha value is -2.53. The lowest BCUT2D eigenvalue weighted by Gasteiger charge is -2.20. The van der Waals surface area contributed by atoms with Crippen LogP contribution in [0.3, 0.4) is 0 Å². The summed E-state index contributed by atoms with van der Waals surface area (Å²) in [6, 6.07) is 13.6. The van der Waals surface area contributed by atoms with Crippen LogP contribution in [-0.4, -0.2) is 23.0 Å². The number of aliphatic carboxylic acids is 1. The highest BCUT2D eigenvalue weighted by atomic mass is 16.7. The summed E-state index contributed by atoms with van der Waals surface area (Å²) in [6.45, 7) is 0.135. The maximum Gasteiger partial charge on any atom is 0.314 e. The number of carbonyl (C=O) groups is 1. The Morgan fingerprint density at radius 3 is 2.43 bits per heavy atom. The molecule has 0 bridgehead atoms. The fraction of sp³-hybridized carbons (Fsp3) is 0.188. The zero-order valence-corrected chi connectivity index (χ0v) is 11.1. The molecule has 2 aromatic rings. The standard InChI is InChI=1S/C16H14O5/c17-15(11-6-7-12-13(8-11)21-9-20-12)14(16(18)19)10-4-2-1-3-5-10/h1-8,14-15,17H,9H2,(H,18,19)/t14-,15-/m1/s1. The van der Waals surface area contributed by atoms with E-state index in [0.717, 1.165) is 0 Å². The molecule has 0 saturated heterocycles. The number of fused-ring (bicyclic) bond motifs is 1. The summed E-state index contributed by atoms with van der Waals surface area (Å²) in [5, 5.41) is 19.9. The van der Waals surface area contributed by atoms with E-state index < -0.39 is 18.0 Å². The number of hydrogen-bond acceptors (Lipinski definition) is 4. The first-order valence-corrected chi connectivity index (χ1v) is 6.52. The Morgan fingerprint density at radius 2 is 1.71 bits per heavy atom. The zero-order valence-electron chi connectivity index (χ0n) is 11.1. The van der Waals surface area contributed by atoms with Crippen molar-refractivity contribution in [3.8, 4) is 11.5 Å². The van der Waals surface area contributed by atoms with Crippen LogP contribution in [0.4, 0.5) is 0 Å². The number of carboxylic acid groups (broad SMARTS) is 1. The molecule has 2 N–H and O–H groups in total. The van der Waals surface area contributed by atoms with Crippen molar-refractivity contribution in [1.82, 2.24) is 0 Å². The van der Waals surface area contributed by atoms with Crippen LogP contribution in [0.5, 0.6) is 11.5 Å². The molecule has 1 aliphatic rings. The summed E-state index contributed by atoms with van der Waals surface area (Å²) in [5.74, 6) is -1.00. The second-order valence-corrected chi connectivity index (χ2v) is 4.78. The average molecular weight is 286 g/mol. The van der Waals surface area contributed by atoms with Crippen LogP contribution < -0.4 is 9.47 Å². The van der Waals surface area contributed by atoms with Gasteiger partial charge in [0, 0.05) is 0 Å². The molecule has 2 atom stereocenters. The lowest BCUT2D eigenvalue weighted by atomic mass is 9.89. The molecule has 21 heavy (non-hydrogen) atoms. The van der Waals surface area contributed by atoms with E-state index in [9.17, 15) is 15.0 Å². The lowest BCUT2D eigenvalue weighted by Crippen LogP contribution is -2.20. The van der Waals surface area contributed by atoms with Gasteiger partial charge < -0.3 is 19.7 Å². The van der Waals surface area contributed by atoms with Crippen LogP contribution in [0.15, 0.2) is 48.5 Å². The predicted octanol–water partition coefficient (Wildman–Crippen LogP) is 2.32. The Kier molecular flexibility index (Phi) is 3.50. The molecular formula is C16H14O5. The molecule has 0 aromatic heterocycles. The first-order valence-electron chi connectivity index (χ1n) is 6.52. The molecule has 2 aromatic carbocycles. The van der Waals surface area contributed by atoms with E-state index in [1.807, 2.05) is 0 Å². The van der Waals surface area contributed by atoms with E-state index in [2.05, 4.69) is 0 Å². The molecule has 108 valence electrons. The Balaban J connectivity index is 1.95.